The third-order valence-corrected chi connectivity index (χ3v) is 4.53. The lowest BCUT2D eigenvalue weighted by Crippen LogP contribution is -2.27. The van der Waals surface area contributed by atoms with Crippen LogP contribution in [0.15, 0.2) is 42.5 Å². The number of hydrogen-bond acceptors (Lipinski definition) is 2. The molecule has 24 heavy (non-hydrogen) atoms. The third kappa shape index (κ3) is 3.30. The van der Waals surface area contributed by atoms with Crippen LogP contribution in [0, 0.1) is 5.82 Å². The van der Waals surface area contributed by atoms with Crippen molar-refractivity contribution in [1.29, 1.82) is 0 Å². The zero-order valence-corrected chi connectivity index (χ0v) is 13.2. The molecule has 0 saturated carbocycles. The minimum Gasteiger partial charge on any atom is -0.366 e. The number of amides is 2. The fraction of sp³-hybridized carbons (Fsp3) is 0.263. The Balaban J connectivity index is 1.61. The first-order chi connectivity index (χ1) is 11.6. The van der Waals surface area contributed by atoms with Crippen molar-refractivity contribution in [3.63, 3.8) is 0 Å². The Bertz CT molecular complexity index is 789. The standard InChI is InChI=1S/C19H19FN2O2/c20-17-8-7-14(18(21)23)11-16(17)19(24)22-10-9-13-6-5-12-3-1-2-4-15(12)13/h1-4,7-8,11,13H,5-6,9-10H2,(H2,21,23)(H,22,24). The number of fused-ring (bicyclic) bond motifs is 1. The van der Waals surface area contributed by atoms with Gasteiger partial charge in [-0.05, 0) is 54.5 Å². The summed E-state index contributed by atoms with van der Waals surface area (Å²) >= 11 is 0. The molecule has 1 aliphatic carbocycles. The summed E-state index contributed by atoms with van der Waals surface area (Å²) in [6.45, 7) is 0.456. The highest BCUT2D eigenvalue weighted by atomic mass is 19.1. The van der Waals surface area contributed by atoms with E-state index in [1.54, 1.807) is 0 Å². The number of hydrogen-bond donors (Lipinski definition) is 2. The van der Waals surface area contributed by atoms with E-state index in [1.165, 1.54) is 23.3 Å². The van der Waals surface area contributed by atoms with E-state index >= 15 is 0 Å². The summed E-state index contributed by atoms with van der Waals surface area (Å²) in [6.07, 6.45) is 2.94. The normalized spacial score (nSPS) is 15.8. The van der Waals surface area contributed by atoms with Gasteiger partial charge in [0, 0.05) is 12.1 Å². The molecule has 2 aromatic carbocycles. The molecule has 0 aliphatic heterocycles. The molecule has 3 N–H and O–H groups in total. The van der Waals surface area contributed by atoms with Crippen LogP contribution in [0.2, 0.25) is 0 Å². The van der Waals surface area contributed by atoms with Crippen molar-refractivity contribution in [3.05, 3.63) is 70.5 Å². The molecule has 0 bridgehead atoms. The molecule has 0 saturated heterocycles. The average molecular weight is 326 g/mol. The highest BCUT2D eigenvalue weighted by molar-refractivity contribution is 5.99. The molecule has 1 unspecified atom stereocenters. The van der Waals surface area contributed by atoms with Gasteiger partial charge in [-0.25, -0.2) is 4.39 Å². The van der Waals surface area contributed by atoms with Gasteiger partial charge in [-0.3, -0.25) is 9.59 Å². The van der Waals surface area contributed by atoms with Crippen LogP contribution < -0.4 is 11.1 Å². The second kappa shape index (κ2) is 6.83. The highest BCUT2D eigenvalue weighted by Gasteiger charge is 2.22. The Kier molecular flexibility index (Phi) is 4.60. The van der Waals surface area contributed by atoms with Gasteiger partial charge in [0.2, 0.25) is 5.91 Å². The summed E-state index contributed by atoms with van der Waals surface area (Å²) in [5, 5.41) is 2.73. The number of nitrogens with one attached hydrogen (secondary N) is 1. The van der Waals surface area contributed by atoms with Gasteiger partial charge in [-0.1, -0.05) is 24.3 Å². The second-order valence-corrected chi connectivity index (χ2v) is 6.04. The monoisotopic (exact) mass is 326 g/mol. The Morgan fingerprint density at radius 1 is 1.21 bits per heavy atom. The van der Waals surface area contributed by atoms with Crippen LogP contribution in [-0.4, -0.2) is 18.4 Å². The molecule has 124 valence electrons. The van der Waals surface area contributed by atoms with Gasteiger partial charge >= 0.3 is 0 Å². The van der Waals surface area contributed by atoms with Crippen molar-refractivity contribution >= 4 is 11.8 Å². The number of nitrogens with two attached hydrogens (primary N) is 1. The molecule has 0 fully saturated rings. The smallest absolute Gasteiger partial charge is 0.254 e. The van der Waals surface area contributed by atoms with Gasteiger partial charge in [0.25, 0.3) is 5.91 Å². The van der Waals surface area contributed by atoms with E-state index in [0.717, 1.165) is 25.3 Å². The number of carbonyl (C=O) groups is 2. The Morgan fingerprint density at radius 3 is 2.79 bits per heavy atom. The minimum atomic E-state index is -0.688. The lowest BCUT2D eigenvalue weighted by molar-refractivity contribution is 0.0948. The first-order valence-electron chi connectivity index (χ1n) is 8.01. The fourth-order valence-electron chi connectivity index (χ4n) is 3.25. The summed E-state index contributed by atoms with van der Waals surface area (Å²) in [6, 6.07) is 11.9. The predicted octanol–water partition coefficient (Wildman–Crippen LogP) is 2.77. The van der Waals surface area contributed by atoms with Crippen molar-refractivity contribution in [2.75, 3.05) is 6.54 Å². The summed E-state index contributed by atoms with van der Waals surface area (Å²) in [5.74, 6) is -1.46. The maximum atomic E-state index is 13.8. The van der Waals surface area contributed by atoms with Crippen molar-refractivity contribution < 1.29 is 14.0 Å². The third-order valence-electron chi connectivity index (χ3n) is 4.53. The predicted molar refractivity (Wildman–Crippen MR) is 89.4 cm³/mol. The summed E-state index contributed by atoms with van der Waals surface area (Å²) < 4.78 is 13.8. The lowest BCUT2D eigenvalue weighted by Gasteiger charge is -2.12. The van der Waals surface area contributed by atoms with E-state index in [4.69, 9.17) is 5.73 Å². The number of primary amides is 1. The molecule has 2 amide bonds. The van der Waals surface area contributed by atoms with Crippen LogP contribution in [0.1, 0.15) is 50.6 Å². The van der Waals surface area contributed by atoms with Crippen LogP contribution in [0.25, 0.3) is 0 Å². The second-order valence-electron chi connectivity index (χ2n) is 6.04. The molecule has 0 spiro atoms. The van der Waals surface area contributed by atoms with Crippen LogP contribution in [-0.2, 0) is 6.42 Å². The van der Waals surface area contributed by atoms with Crippen LogP contribution in [0.5, 0.6) is 0 Å². The molecule has 0 radical (unpaired) electrons. The topological polar surface area (TPSA) is 72.2 Å². The molecule has 1 atom stereocenters. The van der Waals surface area contributed by atoms with Crippen molar-refractivity contribution in [2.24, 2.45) is 5.73 Å². The molecular weight excluding hydrogens is 307 g/mol. The van der Waals surface area contributed by atoms with Gasteiger partial charge in [0.1, 0.15) is 5.82 Å². The van der Waals surface area contributed by atoms with Gasteiger partial charge in [-0.2, -0.15) is 0 Å². The summed E-state index contributed by atoms with van der Waals surface area (Å²) in [5.41, 5.74) is 7.84. The van der Waals surface area contributed by atoms with Crippen LogP contribution in [0.4, 0.5) is 4.39 Å². The summed E-state index contributed by atoms with van der Waals surface area (Å²) in [7, 11) is 0. The molecule has 4 nitrogen and oxygen atoms in total. The van der Waals surface area contributed by atoms with Crippen molar-refractivity contribution in [1.82, 2.24) is 5.32 Å². The largest absolute Gasteiger partial charge is 0.366 e. The fourth-order valence-corrected chi connectivity index (χ4v) is 3.25. The van der Waals surface area contributed by atoms with E-state index in [2.05, 4.69) is 17.4 Å². The molecule has 5 heteroatoms. The number of halogens is 1. The van der Waals surface area contributed by atoms with Gasteiger partial charge in [0.05, 0.1) is 5.56 Å². The van der Waals surface area contributed by atoms with E-state index in [0.29, 0.717) is 12.5 Å². The molecular formula is C19H19FN2O2. The lowest BCUT2D eigenvalue weighted by atomic mass is 9.98. The SMILES string of the molecule is NC(=O)c1ccc(F)c(C(=O)NCCC2CCc3ccccc32)c1. The average Bonchev–Trinajstić information content (AvgIpc) is 2.98. The Hall–Kier alpha value is -2.69. The minimum absolute atomic E-state index is 0.117. The van der Waals surface area contributed by atoms with E-state index in [1.807, 2.05) is 12.1 Å². The number of carbonyl (C=O) groups excluding carboxylic acids is 2. The zero-order valence-electron chi connectivity index (χ0n) is 13.2. The molecule has 2 aromatic rings. The van der Waals surface area contributed by atoms with E-state index in [9.17, 15) is 14.0 Å². The van der Waals surface area contributed by atoms with E-state index in [-0.39, 0.29) is 11.1 Å². The number of benzene rings is 2. The zero-order chi connectivity index (χ0) is 17.1. The highest BCUT2D eigenvalue weighted by Crippen LogP contribution is 2.34. The number of rotatable bonds is 5. The summed E-state index contributed by atoms with van der Waals surface area (Å²) in [4.78, 5) is 23.3. The van der Waals surface area contributed by atoms with Crippen LogP contribution >= 0.6 is 0 Å². The van der Waals surface area contributed by atoms with Gasteiger partial charge in [0.15, 0.2) is 0 Å². The maximum absolute atomic E-state index is 13.8. The van der Waals surface area contributed by atoms with Gasteiger partial charge in [-0.15, -0.1) is 0 Å². The molecule has 0 heterocycles. The van der Waals surface area contributed by atoms with E-state index < -0.39 is 17.6 Å². The number of aryl methyl sites for hydroxylation is 1. The molecule has 3 rings (SSSR count). The quantitative estimate of drug-likeness (QED) is 0.887. The maximum Gasteiger partial charge on any atom is 0.254 e. The first kappa shape index (κ1) is 16.2. The molecule has 1 aliphatic rings. The Labute approximate surface area is 139 Å². The molecule has 0 aromatic heterocycles. The van der Waals surface area contributed by atoms with Gasteiger partial charge < -0.3 is 11.1 Å². The van der Waals surface area contributed by atoms with Crippen LogP contribution in [0.3, 0.4) is 0 Å². The van der Waals surface area contributed by atoms with Crippen molar-refractivity contribution in [2.45, 2.75) is 25.2 Å². The van der Waals surface area contributed by atoms with Crippen molar-refractivity contribution in [3.8, 4) is 0 Å². The Morgan fingerprint density at radius 2 is 2.00 bits per heavy atom. The first-order valence-corrected chi connectivity index (χ1v) is 8.01.